The molecule has 0 fully saturated rings. The van der Waals surface area contributed by atoms with Gasteiger partial charge in [0.25, 0.3) is 5.56 Å². The Balaban J connectivity index is 1.97. The minimum absolute atomic E-state index is 0.0366. The summed E-state index contributed by atoms with van der Waals surface area (Å²) in [6.45, 7) is 0.153. The van der Waals surface area contributed by atoms with Crippen molar-refractivity contribution in [2.45, 2.75) is 16.7 Å². The summed E-state index contributed by atoms with van der Waals surface area (Å²) in [5.74, 6) is -0.0814. The van der Waals surface area contributed by atoms with Gasteiger partial charge >= 0.3 is 0 Å². The van der Waals surface area contributed by atoms with Crippen molar-refractivity contribution >= 4 is 25.8 Å². The Hall–Kier alpha value is -2.45. The van der Waals surface area contributed by atoms with Crippen molar-refractivity contribution in [3.05, 3.63) is 81.1 Å². The first-order valence-electron chi connectivity index (χ1n) is 7.25. The zero-order valence-electron chi connectivity index (χ0n) is 12.8. The minimum atomic E-state index is -3.95. The van der Waals surface area contributed by atoms with Gasteiger partial charge in [-0.05, 0) is 33.6 Å². The van der Waals surface area contributed by atoms with E-state index in [-0.39, 0.29) is 21.9 Å². The second-order valence-corrected chi connectivity index (χ2v) is 7.74. The Morgan fingerprint density at radius 1 is 1.00 bits per heavy atom. The molecular weight excluding hydrogens is 408 g/mol. The van der Waals surface area contributed by atoms with Crippen molar-refractivity contribution in [3.63, 3.8) is 0 Å². The highest BCUT2D eigenvalue weighted by Crippen LogP contribution is 2.23. The van der Waals surface area contributed by atoms with Gasteiger partial charge in [0.15, 0.2) is 0 Å². The summed E-state index contributed by atoms with van der Waals surface area (Å²) in [7, 11) is -3.95. The minimum Gasteiger partial charge on any atom is -0.472 e. The van der Waals surface area contributed by atoms with Crippen LogP contribution in [0.2, 0.25) is 0 Å². The summed E-state index contributed by atoms with van der Waals surface area (Å²) >= 11 is 3.08. The van der Waals surface area contributed by atoms with Crippen molar-refractivity contribution in [3.8, 4) is 5.88 Å². The lowest BCUT2D eigenvalue weighted by Crippen LogP contribution is -2.18. The van der Waals surface area contributed by atoms with E-state index in [1.165, 1.54) is 12.1 Å². The zero-order chi connectivity index (χ0) is 17.9. The number of aromatic nitrogens is 2. The number of H-pyrrole nitrogens is 1. The van der Waals surface area contributed by atoms with E-state index in [0.717, 1.165) is 5.56 Å². The Morgan fingerprint density at radius 2 is 1.60 bits per heavy atom. The molecule has 0 unspecified atom stereocenters. The molecule has 0 saturated heterocycles. The maximum absolute atomic E-state index is 12.6. The summed E-state index contributed by atoms with van der Waals surface area (Å²) in [6.07, 6.45) is 0. The summed E-state index contributed by atoms with van der Waals surface area (Å²) in [6, 6.07) is 17.0. The molecule has 3 aromatic rings. The molecule has 3 rings (SSSR count). The van der Waals surface area contributed by atoms with Gasteiger partial charge in [-0.1, -0.05) is 48.5 Å². The zero-order valence-corrected chi connectivity index (χ0v) is 15.2. The molecule has 25 heavy (non-hydrogen) atoms. The van der Waals surface area contributed by atoms with Crippen LogP contribution in [0.1, 0.15) is 5.56 Å². The van der Waals surface area contributed by atoms with Crippen LogP contribution in [0.15, 0.2) is 80.0 Å². The maximum Gasteiger partial charge on any atom is 0.269 e. The van der Waals surface area contributed by atoms with Crippen LogP contribution < -0.4 is 10.3 Å². The summed E-state index contributed by atoms with van der Waals surface area (Å²) in [5.41, 5.74) is 0.233. The molecule has 6 nitrogen and oxygen atoms in total. The predicted octanol–water partition coefficient (Wildman–Crippen LogP) is 2.94. The third kappa shape index (κ3) is 3.80. The average molecular weight is 421 g/mol. The van der Waals surface area contributed by atoms with Gasteiger partial charge in [0, 0.05) is 0 Å². The second kappa shape index (κ2) is 7.20. The van der Waals surface area contributed by atoms with Crippen molar-refractivity contribution in [1.82, 2.24) is 9.97 Å². The quantitative estimate of drug-likeness (QED) is 0.640. The molecule has 0 aliphatic heterocycles. The van der Waals surface area contributed by atoms with Crippen LogP contribution in [0.3, 0.4) is 0 Å². The Kier molecular flexibility index (Phi) is 5.00. The molecular formula is C17H13BrN2O4S. The highest BCUT2D eigenvalue weighted by atomic mass is 79.9. The molecule has 2 aromatic carbocycles. The lowest BCUT2D eigenvalue weighted by atomic mass is 10.2. The fourth-order valence-electron chi connectivity index (χ4n) is 2.08. The number of hydrogen-bond acceptors (Lipinski definition) is 5. The smallest absolute Gasteiger partial charge is 0.269 e. The fraction of sp³-hybridized carbons (Fsp3) is 0.0588. The maximum atomic E-state index is 12.6. The summed E-state index contributed by atoms with van der Waals surface area (Å²) in [4.78, 5) is 18.4. The molecule has 0 amide bonds. The van der Waals surface area contributed by atoms with E-state index in [0.29, 0.717) is 0 Å². The first kappa shape index (κ1) is 17.4. The van der Waals surface area contributed by atoms with Crippen LogP contribution in [-0.4, -0.2) is 18.4 Å². The number of rotatable bonds is 5. The molecule has 0 atom stereocenters. The number of nitrogens with one attached hydrogen (secondary N) is 1. The van der Waals surface area contributed by atoms with Crippen LogP contribution in [-0.2, 0) is 16.4 Å². The van der Waals surface area contributed by atoms with E-state index in [1.807, 2.05) is 30.3 Å². The molecule has 128 valence electrons. The number of halogens is 1. The third-order valence-corrected chi connectivity index (χ3v) is 5.63. The van der Waals surface area contributed by atoms with E-state index in [9.17, 15) is 13.2 Å². The highest BCUT2D eigenvalue weighted by molar-refractivity contribution is 9.10. The number of benzene rings is 2. The van der Waals surface area contributed by atoms with E-state index in [1.54, 1.807) is 18.2 Å². The van der Waals surface area contributed by atoms with Gasteiger partial charge in [0.2, 0.25) is 20.9 Å². The molecule has 1 N–H and O–H groups in total. The van der Waals surface area contributed by atoms with Gasteiger partial charge in [0.1, 0.15) is 11.1 Å². The van der Waals surface area contributed by atoms with Gasteiger partial charge in [0.05, 0.1) is 4.90 Å². The Bertz CT molecular complexity index is 1040. The van der Waals surface area contributed by atoms with Gasteiger partial charge in [-0.2, -0.15) is 4.98 Å². The first-order chi connectivity index (χ1) is 12.0. The van der Waals surface area contributed by atoms with Crippen molar-refractivity contribution in [2.24, 2.45) is 0 Å². The van der Waals surface area contributed by atoms with Crippen molar-refractivity contribution < 1.29 is 13.2 Å². The van der Waals surface area contributed by atoms with E-state index < -0.39 is 20.6 Å². The van der Waals surface area contributed by atoms with Gasteiger partial charge in [-0.3, -0.25) is 9.78 Å². The van der Waals surface area contributed by atoms with Gasteiger partial charge in [-0.25, -0.2) is 8.42 Å². The Morgan fingerprint density at radius 3 is 2.24 bits per heavy atom. The second-order valence-electron chi connectivity index (χ2n) is 5.08. The number of aromatic amines is 1. The number of sulfone groups is 1. The normalized spacial score (nSPS) is 11.2. The average Bonchev–Trinajstić information content (AvgIpc) is 2.64. The summed E-state index contributed by atoms with van der Waals surface area (Å²) in [5, 5.41) is -0.463. The molecule has 8 heteroatoms. The predicted molar refractivity (Wildman–Crippen MR) is 95.2 cm³/mol. The van der Waals surface area contributed by atoms with Crippen LogP contribution >= 0.6 is 15.9 Å². The Labute approximate surface area is 152 Å². The van der Waals surface area contributed by atoms with Gasteiger partial charge in [-0.15, -0.1) is 0 Å². The molecule has 0 radical (unpaired) electrons. The van der Waals surface area contributed by atoms with Crippen molar-refractivity contribution in [2.75, 3.05) is 0 Å². The van der Waals surface area contributed by atoms with E-state index in [2.05, 4.69) is 25.9 Å². The van der Waals surface area contributed by atoms with Crippen LogP contribution in [0, 0.1) is 0 Å². The standard InChI is InChI=1S/C17H13BrN2O4S/c18-14-15(21)19-17(25(22,23)13-9-5-2-6-10-13)20-16(14)24-11-12-7-3-1-4-8-12/h1-10H,11H2,(H,19,20,21). The topological polar surface area (TPSA) is 89.1 Å². The molecule has 0 bridgehead atoms. The monoisotopic (exact) mass is 420 g/mol. The van der Waals surface area contributed by atoms with Crippen LogP contribution in [0.5, 0.6) is 5.88 Å². The van der Waals surface area contributed by atoms with Gasteiger partial charge < -0.3 is 4.74 Å². The SMILES string of the molecule is O=c1[nH]c(S(=O)(=O)c2ccccc2)nc(OCc2ccccc2)c1Br. The summed E-state index contributed by atoms with van der Waals surface area (Å²) < 4.78 is 30.8. The largest absolute Gasteiger partial charge is 0.472 e. The molecule has 0 spiro atoms. The number of nitrogens with zero attached hydrogens (tertiary/aromatic N) is 1. The highest BCUT2D eigenvalue weighted by Gasteiger charge is 2.23. The van der Waals surface area contributed by atoms with E-state index in [4.69, 9.17) is 4.74 Å². The molecule has 0 aliphatic carbocycles. The lowest BCUT2D eigenvalue weighted by molar-refractivity contribution is 0.287. The first-order valence-corrected chi connectivity index (χ1v) is 9.53. The number of ether oxygens (including phenoxy) is 1. The molecule has 1 aromatic heterocycles. The third-order valence-electron chi connectivity index (χ3n) is 3.34. The lowest BCUT2D eigenvalue weighted by Gasteiger charge is -2.09. The van der Waals surface area contributed by atoms with E-state index >= 15 is 0 Å². The van der Waals surface area contributed by atoms with Crippen LogP contribution in [0.4, 0.5) is 0 Å². The fourth-order valence-corrected chi connectivity index (χ4v) is 3.55. The molecule has 0 saturated carbocycles. The van der Waals surface area contributed by atoms with Crippen LogP contribution in [0.25, 0.3) is 0 Å². The van der Waals surface area contributed by atoms with Crippen molar-refractivity contribution in [1.29, 1.82) is 0 Å². The molecule has 1 heterocycles. The molecule has 0 aliphatic rings. The number of hydrogen-bond donors (Lipinski definition) is 1.